The van der Waals surface area contributed by atoms with Gasteiger partial charge in [-0.15, -0.1) is 4.68 Å². The van der Waals surface area contributed by atoms with Gasteiger partial charge in [-0.2, -0.15) is 4.68 Å². The van der Waals surface area contributed by atoms with Crippen LogP contribution in [0.2, 0.25) is 0 Å². The quantitative estimate of drug-likeness (QED) is 0.596. The van der Waals surface area contributed by atoms with E-state index in [-0.39, 0.29) is 0 Å². The fourth-order valence-electron chi connectivity index (χ4n) is 1.58. The molecule has 0 aliphatic heterocycles. The Labute approximate surface area is 74.8 Å². The molecule has 2 heteroatoms. The second-order valence-electron chi connectivity index (χ2n) is 3.89. The van der Waals surface area contributed by atoms with Crippen molar-refractivity contribution < 1.29 is 4.68 Å². The van der Waals surface area contributed by atoms with E-state index < -0.39 is 0 Å². The van der Waals surface area contributed by atoms with Crippen LogP contribution in [0.1, 0.15) is 45.3 Å². The summed E-state index contributed by atoms with van der Waals surface area (Å²) in [6.07, 6.45) is 2.15. The maximum absolute atomic E-state index is 2.25. The Morgan fingerprint density at radius 2 is 1.83 bits per heavy atom. The van der Waals surface area contributed by atoms with Crippen molar-refractivity contribution in [2.45, 2.75) is 39.7 Å². The summed E-state index contributed by atoms with van der Waals surface area (Å²) >= 11 is 0. The van der Waals surface area contributed by atoms with Gasteiger partial charge in [-0.25, -0.2) is 0 Å². The molecule has 0 unspecified atom stereocenters. The van der Waals surface area contributed by atoms with E-state index in [0.717, 1.165) is 0 Å². The molecule has 0 fully saturated rings. The van der Waals surface area contributed by atoms with Gasteiger partial charge >= 0.3 is 0 Å². The normalized spacial score (nSPS) is 11.6. The van der Waals surface area contributed by atoms with Gasteiger partial charge in [0.25, 0.3) is 0 Å². The van der Waals surface area contributed by atoms with E-state index in [1.54, 1.807) is 0 Å². The van der Waals surface area contributed by atoms with Crippen LogP contribution in [0.5, 0.6) is 0 Å². The molecule has 0 bridgehead atoms. The number of hydrogen-bond acceptors (Lipinski definition) is 0. The lowest BCUT2D eigenvalue weighted by atomic mass is 10.1. The standard InChI is InChI=1S/C10H19N2/c1-8(2)10-6-7-12(9(3)4)11(10)5/h6-9H,1-5H3/q+1. The fraction of sp³-hybridized carbons (Fsp3) is 0.700. The Kier molecular flexibility index (Phi) is 2.55. The number of hydrogen-bond donors (Lipinski definition) is 0. The molecule has 0 atom stereocenters. The predicted octanol–water partition coefficient (Wildman–Crippen LogP) is 2.02. The molecule has 0 amide bonds. The Bertz CT molecular complexity index is 233. The van der Waals surface area contributed by atoms with Crippen molar-refractivity contribution in [1.29, 1.82) is 0 Å². The van der Waals surface area contributed by atoms with Gasteiger partial charge in [-0.3, -0.25) is 0 Å². The van der Waals surface area contributed by atoms with Crippen molar-refractivity contribution >= 4 is 0 Å². The molecule has 0 aliphatic carbocycles. The van der Waals surface area contributed by atoms with Crippen LogP contribution in [0.4, 0.5) is 0 Å². The van der Waals surface area contributed by atoms with Crippen LogP contribution in [0.3, 0.4) is 0 Å². The highest BCUT2D eigenvalue weighted by atomic mass is 15.4. The largest absolute Gasteiger partial charge is 0.196 e. The van der Waals surface area contributed by atoms with Crippen LogP contribution in [-0.4, -0.2) is 4.68 Å². The summed E-state index contributed by atoms with van der Waals surface area (Å²) in [6, 6.07) is 2.74. The summed E-state index contributed by atoms with van der Waals surface area (Å²) in [5.41, 5.74) is 1.39. The molecule has 1 rings (SSSR count). The summed E-state index contributed by atoms with van der Waals surface area (Å²) in [5.74, 6) is 0.606. The summed E-state index contributed by atoms with van der Waals surface area (Å²) in [7, 11) is 2.12. The van der Waals surface area contributed by atoms with Crippen LogP contribution in [0, 0.1) is 0 Å². The fourth-order valence-corrected chi connectivity index (χ4v) is 1.58. The van der Waals surface area contributed by atoms with E-state index in [2.05, 4.69) is 56.4 Å². The summed E-state index contributed by atoms with van der Waals surface area (Å²) < 4.78 is 4.48. The second kappa shape index (κ2) is 3.30. The van der Waals surface area contributed by atoms with Crippen molar-refractivity contribution in [3.05, 3.63) is 18.0 Å². The Morgan fingerprint density at radius 1 is 1.25 bits per heavy atom. The lowest BCUT2D eigenvalue weighted by molar-refractivity contribution is -0.790. The third kappa shape index (κ3) is 1.52. The van der Waals surface area contributed by atoms with Gasteiger partial charge in [0, 0.05) is 6.07 Å². The molecule has 0 saturated carbocycles. The Morgan fingerprint density at radius 3 is 2.08 bits per heavy atom. The highest BCUT2D eigenvalue weighted by molar-refractivity contribution is 5.01. The van der Waals surface area contributed by atoms with Crippen LogP contribution in [0.15, 0.2) is 12.3 Å². The smallest absolute Gasteiger partial charge is 0.160 e. The van der Waals surface area contributed by atoms with E-state index in [0.29, 0.717) is 12.0 Å². The molecule has 0 aliphatic rings. The zero-order chi connectivity index (χ0) is 9.30. The van der Waals surface area contributed by atoms with Crippen molar-refractivity contribution in [2.75, 3.05) is 0 Å². The van der Waals surface area contributed by atoms with Crippen LogP contribution in [-0.2, 0) is 7.05 Å². The van der Waals surface area contributed by atoms with Gasteiger partial charge in [-0.1, -0.05) is 13.8 Å². The van der Waals surface area contributed by atoms with E-state index in [1.807, 2.05) is 0 Å². The average Bonchev–Trinajstić information content (AvgIpc) is 2.30. The second-order valence-corrected chi connectivity index (χ2v) is 3.89. The van der Waals surface area contributed by atoms with Gasteiger partial charge < -0.3 is 0 Å². The SMILES string of the molecule is CC(C)c1cc[n+](C(C)C)n1C. The van der Waals surface area contributed by atoms with E-state index in [1.165, 1.54) is 5.69 Å². The first-order valence-corrected chi connectivity index (χ1v) is 4.61. The molecular formula is C10H19N2+. The third-order valence-corrected chi connectivity index (χ3v) is 2.24. The molecule has 0 aromatic carbocycles. The molecular weight excluding hydrogens is 148 g/mol. The van der Waals surface area contributed by atoms with Gasteiger partial charge in [0.1, 0.15) is 0 Å². The molecule has 0 radical (unpaired) electrons. The molecule has 1 heterocycles. The minimum Gasteiger partial charge on any atom is -0.160 e. The van der Waals surface area contributed by atoms with Crippen LogP contribution in [0.25, 0.3) is 0 Å². The molecule has 1 aromatic heterocycles. The summed E-state index contributed by atoms with van der Waals surface area (Å²) in [5, 5.41) is 0. The van der Waals surface area contributed by atoms with E-state index in [4.69, 9.17) is 0 Å². The molecule has 68 valence electrons. The summed E-state index contributed by atoms with van der Waals surface area (Å²) in [6.45, 7) is 8.84. The number of aromatic nitrogens is 2. The third-order valence-electron chi connectivity index (χ3n) is 2.24. The van der Waals surface area contributed by atoms with Crippen molar-refractivity contribution in [2.24, 2.45) is 7.05 Å². The van der Waals surface area contributed by atoms with Crippen molar-refractivity contribution in [1.82, 2.24) is 4.68 Å². The monoisotopic (exact) mass is 167 g/mol. The maximum Gasteiger partial charge on any atom is 0.196 e. The molecule has 2 nitrogen and oxygen atoms in total. The topological polar surface area (TPSA) is 8.81 Å². The van der Waals surface area contributed by atoms with Gasteiger partial charge in [0.05, 0.1) is 12.7 Å². The number of nitrogens with zero attached hydrogens (tertiary/aromatic N) is 2. The highest BCUT2D eigenvalue weighted by Gasteiger charge is 2.15. The summed E-state index contributed by atoms with van der Waals surface area (Å²) in [4.78, 5) is 0. The highest BCUT2D eigenvalue weighted by Crippen LogP contribution is 2.11. The first-order valence-electron chi connectivity index (χ1n) is 4.61. The first kappa shape index (κ1) is 9.30. The van der Waals surface area contributed by atoms with Gasteiger partial charge in [-0.05, 0) is 19.8 Å². The van der Waals surface area contributed by atoms with E-state index >= 15 is 0 Å². The average molecular weight is 167 g/mol. The zero-order valence-electron chi connectivity index (χ0n) is 8.70. The number of rotatable bonds is 2. The zero-order valence-corrected chi connectivity index (χ0v) is 8.70. The van der Waals surface area contributed by atoms with E-state index in [9.17, 15) is 0 Å². The minimum absolute atomic E-state index is 0.544. The predicted molar refractivity (Wildman–Crippen MR) is 50.1 cm³/mol. The molecule has 0 N–H and O–H groups in total. The Balaban J connectivity index is 3.04. The van der Waals surface area contributed by atoms with Crippen LogP contribution < -0.4 is 4.68 Å². The lowest BCUT2D eigenvalue weighted by Crippen LogP contribution is -2.43. The first-order chi connectivity index (χ1) is 5.54. The molecule has 0 spiro atoms. The maximum atomic E-state index is 2.25. The molecule has 12 heavy (non-hydrogen) atoms. The molecule has 1 aromatic rings. The van der Waals surface area contributed by atoms with Crippen molar-refractivity contribution in [3.8, 4) is 0 Å². The lowest BCUT2D eigenvalue weighted by Gasteiger charge is -2.05. The molecule has 0 saturated heterocycles. The van der Waals surface area contributed by atoms with Gasteiger partial charge in [0.2, 0.25) is 0 Å². The van der Waals surface area contributed by atoms with Crippen molar-refractivity contribution in [3.63, 3.8) is 0 Å². The van der Waals surface area contributed by atoms with Crippen LogP contribution >= 0.6 is 0 Å². The minimum atomic E-state index is 0.544. The Hall–Kier alpha value is -0.790. The van der Waals surface area contributed by atoms with Gasteiger partial charge in [0.15, 0.2) is 12.2 Å².